The highest BCUT2D eigenvalue weighted by Crippen LogP contribution is 2.29. The van der Waals surface area contributed by atoms with Gasteiger partial charge in [0.25, 0.3) is 0 Å². The molecule has 0 atom stereocenters. The van der Waals surface area contributed by atoms with Crippen LogP contribution < -0.4 is 9.62 Å². The average molecular weight is 430 g/mol. The molecule has 3 rings (SSSR count). The summed E-state index contributed by atoms with van der Waals surface area (Å²) in [5.74, 6) is 0. The van der Waals surface area contributed by atoms with Crippen molar-refractivity contribution in [3.8, 4) is 0 Å². The van der Waals surface area contributed by atoms with E-state index >= 15 is 0 Å². The van der Waals surface area contributed by atoms with Gasteiger partial charge in [0.05, 0.1) is 4.90 Å². The van der Waals surface area contributed by atoms with Crippen LogP contribution in [0.3, 0.4) is 0 Å². The highest BCUT2D eigenvalue weighted by molar-refractivity contribution is 7.89. The van der Waals surface area contributed by atoms with Crippen LogP contribution in [0, 0.1) is 34.6 Å². The summed E-state index contributed by atoms with van der Waals surface area (Å²) >= 11 is 0. The molecule has 1 saturated heterocycles. The smallest absolute Gasteiger partial charge is 0.241 e. The molecule has 2 aromatic rings. The molecule has 1 aliphatic heterocycles. The van der Waals surface area contributed by atoms with E-state index in [0.717, 1.165) is 54.0 Å². The summed E-state index contributed by atoms with van der Waals surface area (Å²) in [6.45, 7) is 14.5. The number of sulfonamides is 1. The minimum atomic E-state index is -3.55. The maximum atomic E-state index is 13.0. The molecule has 0 saturated carbocycles. The molecule has 1 heterocycles. The number of anilines is 1. The van der Waals surface area contributed by atoms with Crippen molar-refractivity contribution in [3.63, 3.8) is 0 Å². The zero-order chi connectivity index (χ0) is 22.1. The lowest BCUT2D eigenvalue weighted by molar-refractivity contribution is 0.313. The molecule has 1 fully saturated rings. The van der Waals surface area contributed by atoms with Gasteiger partial charge in [0.15, 0.2) is 0 Å². The molecule has 0 radical (unpaired) electrons. The molecular weight excluding hydrogens is 394 g/mol. The summed E-state index contributed by atoms with van der Waals surface area (Å²) in [6.07, 6.45) is 0.671. The van der Waals surface area contributed by atoms with Crippen molar-refractivity contribution < 1.29 is 8.42 Å². The molecule has 0 spiro atoms. The molecule has 30 heavy (non-hydrogen) atoms. The van der Waals surface area contributed by atoms with E-state index in [-0.39, 0.29) is 0 Å². The molecule has 2 aromatic carbocycles. The van der Waals surface area contributed by atoms with Crippen molar-refractivity contribution in [1.82, 2.24) is 9.62 Å². The summed E-state index contributed by atoms with van der Waals surface area (Å²) in [5.41, 5.74) is 7.35. The number of benzene rings is 2. The Morgan fingerprint density at radius 1 is 0.800 bits per heavy atom. The van der Waals surface area contributed by atoms with Crippen molar-refractivity contribution in [2.45, 2.75) is 45.9 Å². The molecule has 1 N–H and O–H groups in total. The number of nitrogens with one attached hydrogen (secondary N) is 1. The number of likely N-dealkylation sites (N-methyl/N-ethyl adjacent to an activating group) is 1. The maximum Gasteiger partial charge on any atom is 0.241 e. The van der Waals surface area contributed by atoms with Crippen LogP contribution in [0.1, 0.15) is 33.4 Å². The van der Waals surface area contributed by atoms with Gasteiger partial charge in [-0.1, -0.05) is 12.1 Å². The fourth-order valence-electron chi connectivity index (χ4n) is 4.21. The number of hydrogen-bond acceptors (Lipinski definition) is 4. The molecular formula is C24H35N3O2S. The van der Waals surface area contributed by atoms with Crippen molar-refractivity contribution in [2.75, 3.05) is 44.7 Å². The third-order valence-electron chi connectivity index (χ3n) is 6.71. The number of hydrogen-bond donors (Lipinski definition) is 1. The van der Waals surface area contributed by atoms with Crippen LogP contribution in [0.15, 0.2) is 29.2 Å². The Morgan fingerprint density at radius 3 is 1.83 bits per heavy atom. The lowest BCUT2D eigenvalue weighted by Crippen LogP contribution is -2.44. The summed E-state index contributed by atoms with van der Waals surface area (Å²) < 4.78 is 28.9. The molecule has 0 aromatic heterocycles. The Balaban J connectivity index is 1.65. The van der Waals surface area contributed by atoms with Gasteiger partial charge in [-0.2, -0.15) is 0 Å². The Kier molecular flexibility index (Phi) is 6.90. The first-order valence-electron chi connectivity index (χ1n) is 10.7. The number of rotatable bonds is 6. The van der Waals surface area contributed by atoms with E-state index in [1.807, 2.05) is 27.7 Å². The quantitative estimate of drug-likeness (QED) is 0.764. The SMILES string of the molecule is Cc1c(C)c(C)c(S(=O)(=O)NCCc2ccc(N3CCN(C)CC3)cc2)c(C)c1C. The summed E-state index contributed by atoms with van der Waals surface area (Å²) in [7, 11) is -1.39. The highest BCUT2D eigenvalue weighted by atomic mass is 32.2. The molecule has 0 unspecified atom stereocenters. The van der Waals surface area contributed by atoms with E-state index in [9.17, 15) is 8.42 Å². The molecule has 6 heteroatoms. The van der Waals surface area contributed by atoms with Gasteiger partial charge < -0.3 is 9.80 Å². The van der Waals surface area contributed by atoms with Gasteiger partial charge in [-0.25, -0.2) is 13.1 Å². The monoisotopic (exact) mass is 429 g/mol. The Labute approximate surface area is 182 Å². The summed E-state index contributed by atoms with van der Waals surface area (Å²) in [4.78, 5) is 5.19. The van der Waals surface area contributed by atoms with Crippen molar-refractivity contribution in [2.24, 2.45) is 0 Å². The first-order chi connectivity index (χ1) is 14.1. The van der Waals surface area contributed by atoms with Gasteiger partial charge in [-0.15, -0.1) is 0 Å². The van der Waals surface area contributed by atoms with Gasteiger partial charge in [-0.05, 0) is 93.6 Å². The van der Waals surface area contributed by atoms with E-state index in [1.54, 1.807) is 0 Å². The predicted octanol–water partition coefficient (Wildman–Crippen LogP) is 3.50. The number of nitrogens with zero attached hydrogens (tertiary/aromatic N) is 2. The standard InChI is InChI=1S/C24H35N3O2S/c1-17-18(2)20(4)24(21(5)19(17)3)30(28,29)25-12-11-22-7-9-23(10-8-22)27-15-13-26(6)14-16-27/h7-10,25H,11-16H2,1-6H3. The largest absolute Gasteiger partial charge is 0.369 e. The minimum Gasteiger partial charge on any atom is -0.369 e. The Morgan fingerprint density at radius 2 is 1.30 bits per heavy atom. The maximum absolute atomic E-state index is 13.0. The second-order valence-electron chi connectivity index (χ2n) is 8.56. The van der Waals surface area contributed by atoms with E-state index in [2.05, 4.69) is 52.8 Å². The highest BCUT2D eigenvalue weighted by Gasteiger charge is 2.23. The van der Waals surface area contributed by atoms with Crippen molar-refractivity contribution >= 4 is 15.7 Å². The van der Waals surface area contributed by atoms with E-state index in [1.165, 1.54) is 11.3 Å². The van der Waals surface area contributed by atoms with Gasteiger partial charge >= 0.3 is 0 Å². The third kappa shape index (κ3) is 4.71. The van der Waals surface area contributed by atoms with Gasteiger partial charge in [0, 0.05) is 38.4 Å². The fourth-order valence-corrected chi connectivity index (χ4v) is 5.84. The normalized spacial score (nSPS) is 15.6. The second kappa shape index (κ2) is 9.08. The molecule has 0 amide bonds. The lowest BCUT2D eigenvalue weighted by atomic mass is 9.95. The zero-order valence-corrected chi connectivity index (χ0v) is 20.0. The van der Waals surface area contributed by atoms with E-state index in [0.29, 0.717) is 17.9 Å². The molecule has 1 aliphatic rings. The van der Waals surface area contributed by atoms with Crippen LogP contribution in [0.25, 0.3) is 0 Å². The van der Waals surface area contributed by atoms with Crippen molar-refractivity contribution in [1.29, 1.82) is 0 Å². The van der Waals surface area contributed by atoms with Crippen LogP contribution in [-0.4, -0.2) is 53.1 Å². The van der Waals surface area contributed by atoms with Gasteiger partial charge in [0.2, 0.25) is 10.0 Å². The van der Waals surface area contributed by atoms with E-state index in [4.69, 9.17) is 0 Å². The van der Waals surface area contributed by atoms with Crippen LogP contribution in [0.4, 0.5) is 5.69 Å². The van der Waals surface area contributed by atoms with E-state index < -0.39 is 10.0 Å². The molecule has 5 nitrogen and oxygen atoms in total. The minimum absolute atomic E-state index is 0.390. The zero-order valence-electron chi connectivity index (χ0n) is 19.2. The summed E-state index contributed by atoms with van der Waals surface area (Å²) in [6, 6.07) is 8.52. The molecule has 164 valence electrons. The fraction of sp³-hybridized carbons (Fsp3) is 0.500. The molecule has 0 bridgehead atoms. The first-order valence-corrected chi connectivity index (χ1v) is 12.2. The lowest BCUT2D eigenvalue weighted by Gasteiger charge is -2.34. The predicted molar refractivity (Wildman–Crippen MR) is 125 cm³/mol. The third-order valence-corrected chi connectivity index (χ3v) is 8.44. The first kappa shape index (κ1) is 22.8. The van der Waals surface area contributed by atoms with Gasteiger partial charge in [0.1, 0.15) is 0 Å². The Bertz CT molecular complexity index is 977. The van der Waals surface area contributed by atoms with Crippen molar-refractivity contribution in [3.05, 3.63) is 57.6 Å². The van der Waals surface area contributed by atoms with Crippen LogP contribution >= 0.6 is 0 Å². The number of piperazine rings is 1. The van der Waals surface area contributed by atoms with Crippen LogP contribution in [0.5, 0.6) is 0 Å². The average Bonchev–Trinajstić information content (AvgIpc) is 2.72. The van der Waals surface area contributed by atoms with Gasteiger partial charge in [-0.3, -0.25) is 0 Å². The Hall–Kier alpha value is -1.89. The second-order valence-corrected chi connectivity index (χ2v) is 10.3. The topological polar surface area (TPSA) is 52.7 Å². The summed E-state index contributed by atoms with van der Waals surface area (Å²) in [5, 5.41) is 0. The van der Waals surface area contributed by atoms with Crippen LogP contribution in [-0.2, 0) is 16.4 Å². The van der Waals surface area contributed by atoms with Crippen LogP contribution in [0.2, 0.25) is 0 Å². The molecule has 0 aliphatic carbocycles.